The summed E-state index contributed by atoms with van der Waals surface area (Å²) in [5.41, 5.74) is 1.30. The van der Waals surface area contributed by atoms with Crippen LogP contribution in [-0.2, 0) is 20.0 Å². The zero-order valence-corrected chi connectivity index (χ0v) is 16.2. The van der Waals surface area contributed by atoms with Gasteiger partial charge in [0.05, 0.1) is 6.26 Å². The molecule has 1 aliphatic carbocycles. The molecule has 0 aromatic carbocycles. The van der Waals surface area contributed by atoms with Crippen molar-refractivity contribution in [3.63, 3.8) is 0 Å². The second kappa shape index (κ2) is 8.57. The van der Waals surface area contributed by atoms with Crippen molar-refractivity contribution >= 4 is 31.4 Å². The van der Waals surface area contributed by atoms with Gasteiger partial charge < -0.3 is 0 Å². The monoisotopic (exact) mass is 392 g/mol. The Morgan fingerprint density at radius 2 is 2.00 bits per heavy atom. The molecule has 0 aliphatic heterocycles. The van der Waals surface area contributed by atoms with Crippen LogP contribution in [0.4, 0.5) is 0 Å². The Kier molecular flexibility index (Phi) is 6.99. The van der Waals surface area contributed by atoms with Crippen LogP contribution in [0.25, 0.3) is 0 Å². The first-order valence-corrected chi connectivity index (χ1v) is 12.2. The molecule has 136 valence electrons. The third-order valence-corrected chi connectivity index (χ3v) is 8.11. The highest BCUT2D eigenvalue weighted by Gasteiger charge is 2.19. The fourth-order valence-corrected chi connectivity index (χ4v) is 5.54. The van der Waals surface area contributed by atoms with Gasteiger partial charge in [0.2, 0.25) is 20.0 Å². The van der Waals surface area contributed by atoms with Crippen molar-refractivity contribution in [1.82, 2.24) is 9.03 Å². The SMILES string of the molecule is CS(=O)(=O)N(CCNS(=O)(=O)c1cccs1)CCC1=CCCCC1. The van der Waals surface area contributed by atoms with Crippen molar-refractivity contribution in [2.24, 2.45) is 0 Å². The van der Waals surface area contributed by atoms with Gasteiger partial charge in [-0.25, -0.2) is 25.9 Å². The van der Waals surface area contributed by atoms with E-state index in [4.69, 9.17) is 0 Å². The Morgan fingerprint density at radius 1 is 1.21 bits per heavy atom. The van der Waals surface area contributed by atoms with Gasteiger partial charge in [-0.2, -0.15) is 0 Å². The van der Waals surface area contributed by atoms with Gasteiger partial charge in [-0.15, -0.1) is 11.3 Å². The van der Waals surface area contributed by atoms with E-state index in [9.17, 15) is 16.8 Å². The minimum Gasteiger partial charge on any atom is -0.213 e. The lowest BCUT2D eigenvalue weighted by molar-refractivity contribution is 0.416. The molecule has 24 heavy (non-hydrogen) atoms. The summed E-state index contributed by atoms with van der Waals surface area (Å²) in [5, 5.41) is 1.69. The summed E-state index contributed by atoms with van der Waals surface area (Å²) in [5.74, 6) is 0. The van der Waals surface area contributed by atoms with Crippen molar-refractivity contribution in [2.45, 2.75) is 36.3 Å². The molecule has 0 bridgehead atoms. The highest BCUT2D eigenvalue weighted by Crippen LogP contribution is 2.20. The molecule has 0 amide bonds. The summed E-state index contributed by atoms with van der Waals surface area (Å²) in [4.78, 5) is 0. The number of thiophene rings is 1. The van der Waals surface area contributed by atoms with Gasteiger partial charge in [-0.3, -0.25) is 0 Å². The smallest absolute Gasteiger partial charge is 0.213 e. The standard InChI is InChI=1S/C15H24N2O4S3/c1-23(18,19)17(11-9-14-6-3-2-4-7-14)12-10-16-24(20,21)15-8-5-13-22-15/h5-6,8,13,16H,2-4,7,9-12H2,1H3. The van der Waals surface area contributed by atoms with Gasteiger partial charge in [0.15, 0.2) is 0 Å². The summed E-state index contributed by atoms with van der Waals surface area (Å²) in [6, 6.07) is 3.19. The molecule has 1 aliphatic rings. The van der Waals surface area contributed by atoms with Crippen LogP contribution in [-0.4, -0.2) is 47.0 Å². The summed E-state index contributed by atoms with van der Waals surface area (Å²) in [6.07, 6.45) is 8.52. The molecule has 1 aromatic heterocycles. The van der Waals surface area contributed by atoms with Crippen LogP contribution < -0.4 is 4.72 Å². The number of allylic oxidation sites excluding steroid dienone is 1. The van der Waals surface area contributed by atoms with E-state index in [1.165, 1.54) is 22.4 Å². The molecule has 1 heterocycles. The molecular formula is C15H24N2O4S3. The van der Waals surface area contributed by atoms with Gasteiger partial charge in [0.25, 0.3) is 0 Å². The van der Waals surface area contributed by atoms with Gasteiger partial charge in [0.1, 0.15) is 4.21 Å². The maximum absolute atomic E-state index is 12.1. The Hall–Kier alpha value is -0.740. The molecule has 1 aromatic rings. The van der Waals surface area contributed by atoms with Gasteiger partial charge in [0, 0.05) is 19.6 Å². The summed E-state index contributed by atoms with van der Waals surface area (Å²) >= 11 is 1.13. The third kappa shape index (κ3) is 5.96. The second-order valence-corrected chi connectivity index (χ2v) is 10.8. The van der Waals surface area contributed by atoms with Gasteiger partial charge >= 0.3 is 0 Å². The topological polar surface area (TPSA) is 83.6 Å². The van der Waals surface area contributed by atoms with Crippen LogP contribution in [0, 0.1) is 0 Å². The molecule has 2 rings (SSSR count). The van der Waals surface area contributed by atoms with E-state index < -0.39 is 20.0 Å². The molecule has 0 unspecified atom stereocenters. The molecule has 0 radical (unpaired) electrons. The number of sulfonamides is 2. The van der Waals surface area contributed by atoms with Crippen LogP contribution >= 0.6 is 11.3 Å². The quantitative estimate of drug-likeness (QED) is 0.653. The number of hydrogen-bond donors (Lipinski definition) is 1. The lowest BCUT2D eigenvalue weighted by Crippen LogP contribution is -2.38. The van der Waals surface area contributed by atoms with Gasteiger partial charge in [-0.1, -0.05) is 17.7 Å². The molecule has 0 spiro atoms. The predicted octanol–water partition coefficient (Wildman–Crippen LogP) is 2.18. The highest BCUT2D eigenvalue weighted by molar-refractivity contribution is 7.91. The van der Waals surface area contributed by atoms with E-state index in [-0.39, 0.29) is 17.3 Å². The van der Waals surface area contributed by atoms with Crippen molar-refractivity contribution < 1.29 is 16.8 Å². The number of hydrogen-bond acceptors (Lipinski definition) is 5. The van der Waals surface area contributed by atoms with Crippen molar-refractivity contribution in [3.8, 4) is 0 Å². The average Bonchev–Trinajstić information content (AvgIpc) is 3.05. The second-order valence-electron chi connectivity index (χ2n) is 5.85. The van der Waals surface area contributed by atoms with Crippen molar-refractivity contribution in [3.05, 3.63) is 29.2 Å². The first-order valence-electron chi connectivity index (χ1n) is 7.95. The zero-order valence-electron chi connectivity index (χ0n) is 13.8. The molecule has 0 fully saturated rings. The van der Waals surface area contributed by atoms with E-state index in [1.54, 1.807) is 11.4 Å². The lowest BCUT2D eigenvalue weighted by atomic mass is 9.97. The first kappa shape index (κ1) is 19.6. The molecule has 0 atom stereocenters. The minimum atomic E-state index is -3.56. The van der Waals surface area contributed by atoms with Crippen LogP contribution in [0.2, 0.25) is 0 Å². The molecule has 9 heteroatoms. The van der Waals surface area contributed by atoms with Crippen LogP contribution in [0.15, 0.2) is 33.4 Å². The largest absolute Gasteiger partial charge is 0.250 e. The first-order chi connectivity index (χ1) is 11.3. The number of rotatable bonds is 9. The fraction of sp³-hybridized carbons (Fsp3) is 0.600. The van der Waals surface area contributed by atoms with Crippen LogP contribution in [0.5, 0.6) is 0 Å². The Balaban J connectivity index is 1.89. The molecule has 0 saturated heterocycles. The molecule has 6 nitrogen and oxygen atoms in total. The average molecular weight is 393 g/mol. The number of nitrogens with zero attached hydrogens (tertiary/aromatic N) is 1. The van der Waals surface area contributed by atoms with E-state index in [0.717, 1.165) is 36.9 Å². The normalized spacial score (nSPS) is 16.3. The number of nitrogens with one attached hydrogen (secondary N) is 1. The molecular weight excluding hydrogens is 368 g/mol. The van der Waals surface area contributed by atoms with Crippen molar-refractivity contribution in [1.29, 1.82) is 0 Å². The maximum Gasteiger partial charge on any atom is 0.250 e. The Labute approximate surface area is 148 Å². The van der Waals surface area contributed by atoms with E-state index in [0.29, 0.717) is 13.0 Å². The van der Waals surface area contributed by atoms with E-state index >= 15 is 0 Å². The summed E-state index contributed by atoms with van der Waals surface area (Å²) in [6.45, 7) is 0.592. The van der Waals surface area contributed by atoms with Gasteiger partial charge in [-0.05, 0) is 43.6 Å². The Bertz CT molecular complexity index is 753. The lowest BCUT2D eigenvalue weighted by Gasteiger charge is -2.21. The summed E-state index contributed by atoms with van der Waals surface area (Å²) < 4.78 is 52.0. The predicted molar refractivity (Wildman–Crippen MR) is 97.1 cm³/mol. The molecule has 1 N–H and O–H groups in total. The molecule has 0 saturated carbocycles. The highest BCUT2D eigenvalue weighted by atomic mass is 32.2. The van der Waals surface area contributed by atoms with Crippen LogP contribution in [0.1, 0.15) is 32.1 Å². The van der Waals surface area contributed by atoms with E-state index in [1.807, 2.05) is 0 Å². The Morgan fingerprint density at radius 3 is 2.58 bits per heavy atom. The minimum absolute atomic E-state index is 0.0619. The van der Waals surface area contributed by atoms with E-state index in [2.05, 4.69) is 10.8 Å². The van der Waals surface area contributed by atoms with Crippen molar-refractivity contribution in [2.75, 3.05) is 25.9 Å². The zero-order chi connectivity index (χ0) is 17.6. The van der Waals surface area contributed by atoms with Crippen LogP contribution in [0.3, 0.4) is 0 Å². The third-order valence-electron chi connectivity index (χ3n) is 3.95. The summed E-state index contributed by atoms with van der Waals surface area (Å²) in [7, 11) is -6.92. The fourth-order valence-electron chi connectivity index (χ4n) is 2.64. The maximum atomic E-state index is 12.1.